The van der Waals surface area contributed by atoms with Crippen molar-refractivity contribution in [1.29, 1.82) is 0 Å². The second-order valence-corrected chi connectivity index (χ2v) is 4.97. The van der Waals surface area contributed by atoms with E-state index in [0.717, 1.165) is 27.5 Å². The van der Waals surface area contributed by atoms with Crippen LogP contribution < -0.4 is 9.47 Å². The number of rotatable bonds is 2. The topological polar surface area (TPSA) is 35.5 Å². The number of hydrogen-bond acceptors (Lipinski definition) is 4. The predicted octanol–water partition coefficient (Wildman–Crippen LogP) is 3.39. The number of benzene rings is 1. The number of fused-ring (bicyclic) bond motifs is 1. The van der Waals surface area contributed by atoms with Crippen molar-refractivity contribution in [3.05, 3.63) is 35.2 Å². The van der Waals surface area contributed by atoms with Gasteiger partial charge in [0.1, 0.15) is 13.2 Å². The zero-order valence-electron chi connectivity index (χ0n) is 9.93. The normalized spacial score (nSPS) is 13.4. The molecule has 92 valence electrons. The Morgan fingerprint density at radius 2 is 1.89 bits per heavy atom. The van der Waals surface area contributed by atoms with Crippen LogP contribution in [0.15, 0.2) is 29.6 Å². The van der Waals surface area contributed by atoms with Gasteiger partial charge in [-0.05, 0) is 12.5 Å². The summed E-state index contributed by atoms with van der Waals surface area (Å²) in [5.41, 5.74) is 1.78. The summed E-state index contributed by atoms with van der Waals surface area (Å²) in [7, 11) is 0. The highest BCUT2D eigenvalue weighted by atomic mass is 32.1. The molecule has 0 saturated carbocycles. The number of carbonyl (C=O) groups excluding carboxylic acids is 1. The Morgan fingerprint density at radius 3 is 2.61 bits per heavy atom. The van der Waals surface area contributed by atoms with E-state index in [0.29, 0.717) is 13.2 Å². The van der Waals surface area contributed by atoms with Gasteiger partial charge in [-0.2, -0.15) is 0 Å². The first-order valence-corrected chi connectivity index (χ1v) is 6.62. The summed E-state index contributed by atoms with van der Waals surface area (Å²) >= 11 is 1.60. The van der Waals surface area contributed by atoms with E-state index < -0.39 is 0 Å². The third kappa shape index (κ3) is 1.88. The van der Waals surface area contributed by atoms with Crippen LogP contribution in [0.4, 0.5) is 0 Å². The number of thiophene rings is 1. The van der Waals surface area contributed by atoms with Crippen molar-refractivity contribution in [3.8, 4) is 21.9 Å². The van der Waals surface area contributed by atoms with Crippen LogP contribution in [0, 0.1) is 0 Å². The molecule has 18 heavy (non-hydrogen) atoms. The fourth-order valence-electron chi connectivity index (χ4n) is 1.92. The highest BCUT2D eigenvalue weighted by Crippen LogP contribution is 2.45. The van der Waals surface area contributed by atoms with Crippen LogP contribution in [0.5, 0.6) is 11.5 Å². The first-order chi connectivity index (χ1) is 8.75. The maximum Gasteiger partial charge on any atom is 0.179 e. The third-order valence-electron chi connectivity index (χ3n) is 2.85. The van der Waals surface area contributed by atoms with Crippen molar-refractivity contribution in [1.82, 2.24) is 0 Å². The molecule has 0 fully saturated rings. The fourth-order valence-corrected chi connectivity index (χ4v) is 2.86. The summed E-state index contributed by atoms with van der Waals surface area (Å²) in [5, 5.41) is 1.96. The van der Waals surface area contributed by atoms with Crippen molar-refractivity contribution >= 4 is 17.1 Å². The highest BCUT2D eigenvalue weighted by molar-refractivity contribution is 7.14. The summed E-state index contributed by atoms with van der Waals surface area (Å²) in [5.74, 6) is 1.72. The second-order valence-electron chi connectivity index (χ2n) is 4.09. The highest BCUT2D eigenvalue weighted by Gasteiger charge is 2.19. The van der Waals surface area contributed by atoms with Crippen molar-refractivity contribution < 1.29 is 14.3 Å². The van der Waals surface area contributed by atoms with E-state index in [1.807, 2.05) is 29.6 Å². The average Bonchev–Trinajstić information content (AvgIpc) is 2.82. The van der Waals surface area contributed by atoms with Gasteiger partial charge in [0.15, 0.2) is 17.3 Å². The molecule has 3 nitrogen and oxygen atoms in total. The number of hydrogen-bond donors (Lipinski definition) is 0. The lowest BCUT2D eigenvalue weighted by Crippen LogP contribution is -2.14. The van der Waals surface area contributed by atoms with Crippen LogP contribution in [-0.4, -0.2) is 19.0 Å². The molecule has 0 spiro atoms. The Morgan fingerprint density at radius 1 is 1.17 bits per heavy atom. The molecule has 3 rings (SSSR count). The number of carbonyl (C=O) groups is 1. The molecular formula is C14H12O3S. The summed E-state index contributed by atoms with van der Waals surface area (Å²) in [6.45, 7) is 2.76. The monoisotopic (exact) mass is 260 g/mol. The van der Waals surface area contributed by atoms with Gasteiger partial charge in [-0.15, -0.1) is 11.3 Å². The van der Waals surface area contributed by atoms with E-state index >= 15 is 0 Å². The zero-order chi connectivity index (χ0) is 12.5. The van der Waals surface area contributed by atoms with Crippen LogP contribution in [-0.2, 0) is 0 Å². The standard InChI is InChI=1S/C14H12O3S/c1-9(15)10-2-4-11(5-3-10)14-13-12(8-18-14)16-6-7-17-13/h2-5,8H,6-7H2,1H3. The lowest BCUT2D eigenvalue weighted by Gasteiger charge is -2.16. The lowest BCUT2D eigenvalue weighted by atomic mass is 10.1. The smallest absolute Gasteiger partial charge is 0.179 e. The van der Waals surface area contributed by atoms with Gasteiger partial charge in [-0.25, -0.2) is 0 Å². The van der Waals surface area contributed by atoms with Gasteiger partial charge < -0.3 is 9.47 Å². The van der Waals surface area contributed by atoms with Gasteiger partial charge in [0, 0.05) is 10.9 Å². The fraction of sp³-hybridized carbons (Fsp3) is 0.214. The SMILES string of the molecule is CC(=O)c1ccc(-c2scc3c2OCCO3)cc1. The van der Waals surface area contributed by atoms with Crippen LogP contribution in [0.2, 0.25) is 0 Å². The third-order valence-corrected chi connectivity index (χ3v) is 3.84. The van der Waals surface area contributed by atoms with Gasteiger partial charge in [0.25, 0.3) is 0 Å². The maximum atomic E-state index is 11.2. The van der Waals surface area contributed by atoms with Gasteiger partial charge >= 0.3 is 0 Å². The lowest BCUT2D eigenvalue weighted by molar-refractivity contribution is 0.101. The molecule has 1 aliphatic rings. The minimum Gasteiger partial charge on any atom is -0.485 e. The van der Waals surface area contributed by atoms with Crippen LogP contribution >= 0.6 is 11.3 Å². The molecule has 0 unspecified atom stereocenters. The summed E-state index contributed by atoms with van der Waals surface area (Å²) in [6, 6.07) is 7.57. The van der Waals surface area contributed by atoms with E-state index in [-0.39, 0.29) is 5.78 Å². The Hall–Kier alpha value is -1.81. The molecule has 1 aromatic carbocycles. The first-order valence-electron chi connectivity index (χ1n) is 5.74. The number of ether oxygens (including phenoxy) is 2. The Labute approximate surface area is 109 Å². The van der Waals surface area contributed by atoms with Crippen LogP contribution in [0.25, 0.3) is 10.4 Å². The molecule has 2 heterocycles. The summed E-state index contributed by atoms with van der Waals surface area (Å²) in [4.78, 5) is 12.3. The molecular weight excluding hydrogens is 248 g/mol. The van der Waals surface area contributed by atoms with Crippen LogP contribution in [0.1, 0.15) is 17.3 Å². The van der Waals surface area contributed by atoms with E-state index in [9.17, 15) is 4.79 Å². The maximum absolute atomic E-state index is 11.2. The molecule has 0 radical (unpaired) electrons. The molecule has 0 N–H and O–H groups in total. The molecule has 2 aromatic rings. The minimum absolute atomic E-state index is 0.0781. The van der Waals surface area contributed by atoms with E-state index in [4.69, 9.17) is 9.47 Å². The number of Topliss-reactive ketones (excluding diaryl/α,β-unsaturated/α-hetero) is 1. The molecule has 0 bridgehead atoms. The molecule has 0 saturated heterocycles. The Kier molecular flexibility index (Phi) is 2.80. The van der Waals surface area contributed by atoms with Gasteiger partial charge in [0.05, 0.1) is 4.88 Å². The van der Waals surface area contributed by atoms with Crippen molar-refractivity contribution in [2.45, 2.75) is 6.92 Å². The molecule has 4 heteroatoms. The average molecular weight is 260 g/mol. The zero-order valence-corrected chi connectivity index (χ0v) is 10.8. The molecule has 0 aliphatic carbocycles. The van der Waals surface area contributed by atoms with E-state index in [1.54, 1.807) is 18.3 Å². The minimum atomic E-state index is 0.0781. The Balaban J connectivity index is 1.99. The van der Waals surface area contributed by atoms with Crippen molar-refractivity contribution in [3.63, 3.8) is 0 Å². The van der Waals surface area contributed by atoms with Gasteiger partial charge in [0.2, 0.25) is 0 Å². The molecule has 0 atom stereocenters. The molecule has 0 amide bonds. The Bertz CT molecular complexity index is 584. The van der Waals surface area contributed by atoms with Crippen molar-refractivity contribution in [2.75, 3.05) is 13.2 Å². The summed E-state index contributed by atoms with van der Waals surface area (Å²) < 4.78 is 11.2. The molecule has 1 aromatic heterocycles. The predicted molar refractivity (Wildman–Crippen MR) is 70.7 cm³/mol. The quantitative estimate of drug-likeness (QED) is 0.776. The molecule has 1 aliphatic heterocycles. The second kappa shape index (κ2) is 4.46. The summed E-state index contributed by atoms with van der Waals surface area (Å²) in [6.07, 6.45) is 0. The van der Waals surface area contributed by atoms with E-state index in [2.05, 4.69) is 0 Å². The van der Waals surface area contributed by atoms with Crippen molar-refractivity contribution in [2.24, 2.45) is 0 Å². The van der Waals surface area contributed by atoms with Gasteiger partial charge in [-0.3, -0.25) is 4.79 Å². The first kappa shape index (κ1) is 11.3. The van der Waals surface area contributed by atoms with Gasteiger partial charge in [-0.1, -0.05) is 24.3 Å². The van der Waals surface area contributed by atoms with Crippen LogP contribution in [0.3, 0.4) is 0 Å². The number of ketones is 1. The van der Waals surface area contributed by atoms with E-state index in [1.165, 1.54) is 0 Å². The largest absolute Gasteiger partial charge is 0.485 e.